The fraction of sp³-hybridized carbons (Fsp3) is 0.500. The van der Waals surface area contributed by atoms with Gasteiger partial charge in [0.05, 0.1) is 6.10 Å². The fourth-order valence-corrected chi connectivity index (χ4v) is 6.84. The van der Waals surface area contributed by atoms with Crippen molar-refractivity contribution in [1.29, 1.82) is 0 Å². The van der Waals surface area contributed by atoms with E-state index in [-0.39, 0.29) is 34.4 Å². The molecule has 5 heteroatoms. The van der Waals surface area contributed by atoms with Gasteiger partial charge in [0.2, 0.25) is 0 Å². The van der Waals surface area contributed by atoms with E-state index in [2.05, 4.69) is 52.8 Å². The van der Waals surface area contributed by atoms with E-state index >= 15 is 0 Å². The summed E-state index contributed by atoms with van der Waals surface area (Å²) in [6, 6.07) is 6.04. The molecule has 2 aromatic rings. The maximum Gasteiger partial charge on any atom is 0.169 e. The van der Waals surface area contributed by atoms with E-state index < -0.39 is 0 Å². The molecule has 0 radical (unpaired) electrons. The van der Waals surface area contributed by atoms with Crippen molar-refractivity contribution in [2.45, 2.75) is 84.0 Å². The molecule has 0 bridgehead atoms. The van der Waals surface area contributed by atoms with Crippen LogP contribution in [-0.2, 0) is 12.8 Å². The predicted molar refractivity (Wildman–Crippen MR) is 146 cm³/mol. The van der Waals surface area contributed by atoms with Crippen LogP contribution in [-0.4, -0.2) is 34.1 Å². The van der Waals surface area contributed by atoms with Crippen LogP contribution in [0.15, 0.2) is 24.3 Å². The lowest BCUT2D eigenvalue weighted by atomic mass is 9.57. The Hall–Kier alpha value is -2.92. The summed E-state index contributed by atoms with van der Waals surface area (Å²) in [4.78, 5) is 0. The standard InChI is InChI=1S/C32H38O5/c1-30(2)12-10-23-24(33)15-19(16-25(23)36-30)8-9-20-17-21-18-26-31(3,4)27(34)11-13-32(26,5)37-28(21)29-22(20)7-6-14-35-29/h6-9,15-17,26-27,33-34H,10-14,18H2,1-5H3/b9-8+/t26-,27-,32-/m1/s1. The number of fused-ring (bicyclic) bond motifs is 5. The predicted octanol–water partition coefficient (Wildman–Crippen LogP) is 6.56. The lowest BCUT2D eigenvalue weighted by Gasteiger charge is -2.55. The summed E-state index contributed by atoms with van der Waals surface area (Å²) in [5.41, 5.74) is 4.14. The van der Waals surface area contributed by atoms with E-state index in [1.54, 1.807) is 0 Å². The van der Waals surface area contributed by atoms with E-state index in [9.17, 15) is 10.2 Å². The molecule has 2 N–H and O–H groups in total. The molecular formula is C32H38O5. The number of hydrogen-bond acceptors (Lipinski definition) is 5. The number of rotatable bonds is 2. The second kappa shape index (κ2) is 8.29. The van der Waals surface area contributed by atoms with Crippen LogP contribution in [0.3, 0.4) is 0 Å². The normalized spacial score (nSPS) is 28.7. The highest BCUT2D eigenvalue weighted by atomic mass is 16.5. The van der Waals surface area contributed by atoms with Crippen LogP contribution in [0.2, 0.25) is 0 Å². The summed E-state index contributed by atoms with van der Waals surface area (Å²) in [5, 5.41) is 21.5. The van der Waals surface area contributed by atoms with Crippen LogP contribution in [0.5, 0.6) is 23.0 Å². The number of ether oxygens (including phenoxy) is 3. The Morgan fingerprint density at radius 3 is 2.59 bits per heavy atom. The molecule has 0 saturated heterocycles. The molecule has 37 heavy (non-hydrogen) atoms. The molecular weight excluding hydrogens is 464 g/mol. The molecule has 0 spiro atoms. The van der Waals surface area contributed by atoms with Gasteiger partial charge < -0.3 is 24.4 Å². The number of aromatic hydroxyl groups is 1. The maximum atomic E-state index is 10.8. The Morgan fingerprint density at radius 2 is 1.78 bits per heavy atom. The van der Waals surface area contributed by atoms with E-state index in [4.69, 9.17) is 14.2 Å². The van der Waals surface area contributed by atoms with Crippen molar-refractivity contribution in [3.05, 3.63) is 52.1 Å². The van der Waals surface area contributed by atoms with Gasteiger partial charge >= 0.3 is 0 Å². The molecule has 3 atom stereocenters. The number of phenolic OH excluding ortho intramolecular Hbond substituents is 1. The molecule has 2 aromatic carbocycles. The van der Waals surface area contributed by atoms with E-state index in [1.165, 1.54) is 0 Å². The van der Waals surface area contributed by atoms with Gasteiger partial charge in [-0.2, -0.15) is 0 Å². The topological polar surface area (TPSA) is 68.2 Å². The maximum absolute atomic E-state index is 10.8. The van der Waals surface area contributed by atoms with Crippen molar-refractivity contribution in [3.8, 4) is 23.0 Å². The SMILES string of the molecule is CC1(C)CCc2c(O)cc(/C=C/c3cc4c(c5c3C=CCO5)O[C@]3(C)CC[C@@H](O)C(C)(C)[C@H]3C4)cc2O1. The van der Waals surface area contributed by atoms with Gasteiger partial charge in [0.15, 0.2) is 11.5 Å². The van der Waals surface area contributed by atoms with Gasteiger partial charge in [0.25, 0.3) is 0 Å². The smallest absolute Gasteiger partial charge is 0.169 e. The second-order valence-electron chi connectivity index (χ2n) is 12.7. The monoisotopic (exact) mass is 502 g/mol. The molecule has 196 valence electrons. The summed E-state index contributed by atoms with van der Waals surface area (Å²) < 4.78 is 19.1. The molecule has 4 aliphatic rings. The van der Waals surface area contributed by atoms with Gasteiger partial charge in [-0.25, -0.2) is 0 Å². The van der Waals surface area contributed by atoms with Gasteiger partial charge in [0, 0.05) is 17.0 Å². The first-order valence-corrected chi connectivity index (χ1v) is 13.6. The van der Waals surface area contributed by atoms with E-state index in [1.807, 2.05) is 24.3 Å². The number of hydrogen-bond donors (Lipinski definition) is 2. The minimum absolute atomic E-state index is 0.198. The third kappa shape index (κ3) is 4.03. The lowest BCUT2D eigenvalue weighted by molar-refractivity contribution is -0.138. The fourth-order valence-electron chi connectivity index (χ4n) is 6.84. The Labute approximate surface area is 219 Å². The Balaban J connectivity index is 1.40. The number of benzene rings is 2. The average molecular weight is 503 g/mol. The summed E-state index contributed by atoms with van der Waals surface area (Å²) >= 11 is 0. The van der Waals surface area contributed by atoms with Crippen LogP contribution in [0.25, 0.3) is 18.2 Å². The summed E-state index contributed by atoms with van der Waals surface area (Å²) in [5.74, 6) is 2.90. The van der Waals surface area contributed by atoms with Crippen molar-refractivity contribution in [2.24, 2.45) is 11.3 Å². The van der Waals surface area contributed by atoms with Gasteiger partial charge in [-0.15, -0.1) is 0 Å². The lowest BCUT2D eigenvalue weighted by Crippen LogP contribution is -2.58. The highest BCUT2D eigenvalue weighted by Crippen LogP contribution is 2.56. The van der Waals surface area contributed by atoms with Crippen LogP contribution in [0.1, 0.15) is 81.7 Å². The van der Waals surface area contributed by atoms with Gasteiger partial charge in [0.1, 0.15) is 29.3 Å². The molecule has 5 nitrogen and oxygen atoms in total. The highest BCUT2D eigenvalue weighted by Gasteiger charge is 2.55. The molecule has 6 rings (SSSR count). The van der Waals surface area contributed by atoms with Crippen molar-refractivity contribution in [2.75, 3.05) is 6.61 Å². The van der Waals surface area contributed by atoms with Gasteiger partial charge in [-0.1, -0.05) is 32.1 Å². The van der Waals surface area contributed by atoms with Crippen molar-refractivity contribution < 1.29 is 24.4 Å². The molecule has 0 aromatic heterocycles. The Bertz CT molecular complexity index is 1320. The molecule has 1 aliphatic carbocycles. The van der Waals surface area contributed by atoms with Crippen LogP contribution in [0, 0.1) is 11.3 Å². The summed E-state index contributed by atoms with van der Waals surface area (Å²) in [6.45, 7) is 11.2. The molecule has 3 aliphatic heterocycles. The third-order valence-electron chi connectivity index (χ3n) is 9.19. The van der Waals surface area contributed by atoms with Crippen LogP contribution >= 0.6 is 0 Å². The Kier molecular flexibility index (Phi) is 5.47. The number of aliphatic hydroxyl groups is 1. The first-order valence-electron chi connectivity index (χ1n) is 13.6. The Morgan fingerprint density at radius 1 is 0.973 bits per heavy atom. The number of phenols is 1. The van der Waals surface area contributed by atoms with E-state index in [0.717, 1.165) is 77.2 Å². The van der Waals surface area contributed by atoms with Crippen molar-refractivity contribution in [3.63, 3.8) is 0 Å². The average Bonchev–Trinajstić information content (AvgIpc) is 2.84. The van der Waals surface area contributed by atoms with E-state index in [0.29, 0.717) is 6.61 Å². The minimum Gasteiger partial charge on any atom is -0.508 e. The first kappa shape index (κ1) is 24.4. The van der Waals surface area contributed by atoms with Crippen LogP contribution in [0.4, 0.5) is 0 Å². The van der Waals surface area contributed by atoms with Gasteiger partial charge in [-0.3, -0.25) is 0 Å². The zero-order valence-electron chi connectivity index (χ0n) is 22.6. The second-order valence-corrected chi connectivity index (χ2v) is 12.7. The molecule has 1 saturated carbocycles. The molecule has 0 amide bonds. The zero-order valence-corrected chi connectivity index (χ0v) is 22.6. The van der Waals surface area contributed by atoms with Crippen molar-refractivity contribution in [1.82, 2.24) is 0 Å². The van der Waals surface area contributed by atoms with Gasteiger partial charge in [-0.05, 0) is 99.3 Å². The largest absolute Gasteiger partial charge is 0.508 e. The zero-order chi connectivity index (χ0) is 26.2. The quantitative estimate of drug-likeness (QED) is 0.455. The number of aliphatic hydroxyl groups excluding tert-OH is 1. The third-order valence-corrected chi connectivity index (χ3v) is 9.19. The molecule has 0 unspecified atom stereocenters. The van der Waals surface area contributed by atoms with Crippen LogP contribution < -0.4 is 14.2 Å². The highest BCUT2D eigenvalue weighted by molar-refractivity contribution is 5.81. The van der Waals surface area contributed by atoms with Crippen molar-refractivity contribution >= 4 is 18.2 Å². The molecule has 3 heterocycles. The summed E-state index contributed by atoms with van der Waals surface area (Å²) in [7, 11) is 0. The summed E-state index contributed by atoms with van der Waals surface area (Å²) in [6.07, 6.45) is 12.0. The first-order chi connectivity index (χ1) is 17.5. The molecule has 1 fully saturated rings. The minimum atomic E-state index is -0.337.